The van der Waals surface area contributed by atoms with E-state index in [1.807, 2.05) is 0 Å². The molecular formula is C16H15F2NO2. The lowest BCUT2D eigenvalue weighted by Gasteiger charge is -2.11. The van der Waals surface area contributed by atoms with Crippen LogP contribution in [0.2, 0.25) is 0 Å². The van der Waals surface area contributed by atoms with Crippen LogP contribution < -0.4 is 4.74 Å². The van der Waals surface area contributed by atoms with E-state index in [1.54, 1.807) is 0 Å². The number of hydrogen-bond donors (Lipinski definition) is 0. The van der Waals surface area contributed by atoms with Gasteiger partial charge in [0.1, 0.15) is 11.7 Å². The maximum absolute atomic E-state index is 12.4. The van der Waals surface area contributed by atoms with Gasteiger partial charge in [-0.1, -0.05) is 18.6 Å². The van der Waals surface area contributed by atoms with E-state index < -0.39 is 12.5 Å². The minimum Gasteiger partial charge on any atom is -0.435 e. The number of ketones is 1. The highest BCUT2D eigenvalue weighted by atomic mass is 19.3. The predicted octanol–water partition coefficient (Wildman–Crippen LogP) is 3.51. The molecule has 0 spiro atoms. The third-order valence-corrected chi connectivity index (χ3v) is 4.59. The Hall–Kier alpha value is -1.96. The van der Waals surface area contributed by atoms with E-state index >= 15 is 0 Å². The van der Waals surface area contributed by atoms with Crippen molar-refractivity contribution in [3.05, 3.63) is 29.8 Å². The lowest BCUT2D eigenvalue weighted by Crippen LogP contribution is -2.15. The molecule has 110 valence electrons. The van der Waals surface area contributed by atoms with Gasteiger partial charge in [0.2, 0.25) is 0 Å². The SMILES string of the molecule is N#CC(C(=O)C1C2CCCC21)c1ccc(OC(F)F)cc1. The van der Waals surface area contributed by atoms with Crippen LogP contribution in [0.5, 0.6) is 5.75 Å². The monoisotopic (exact) mass is 291 g/mol. The van der Waals surface area contributed by atoms with Gasteiger partial charge in [0, 0.05) is 5.92 Å². The Morgan fingerprint density at radius 3 is 2.38 bits per heavy atom. The van der Waals surface area contributed by atoms with Crippen LogP contribution in [0, 0.1) is 29.1 Å². The van der Waals surface area contributed by atoms with E-state index in [0.717, 1.165) is 12.8 Å². The standard InChI is InChI=1S/C16H15F2NO2/c17-16(18)21-10-6-4-9(5-7-10)13(8-19)15(20)14-11-2-1-3-12(11)14/h4-7,11-14,16H,1-3H2. The molecule has 0 radical (unpaired) electrons. The molecule has 5 heteroatoms. The summed E-state index contributed by atoms with van der Waals surface area (Å²) in [7, 11) is 0. The number of Topliss-reactive ketones (excluding diaryl/α,β-unsaturated/α-hetero) is 1. The highest BCUT2D eigenvalue weighted by Gasteiger charge is 2.57. The maximum Gasteiger partial charge on any atom is 0.387 e. The molecule has 3 unspecified atom stereocenters. The fourth-order valence-electron chi connectivity index (χ4n) is 3.58. The van der Waals surface area contributed by atoms with Gasteiger partial charge in [-0.2, -0.15) is 14.0 Å². The summed E-state index contributed by atoms with van der Waals surface area (Å²) in [4.78, 5) is 12.4. The summed E-state index contributed by atoms with van der Waals surface area (Å²) < 4.78 is 28.4. The van der Waals surface area contributed by atoms with Crippen LogP contribution >= 0.6 is 0 Å². The second kappa shape index (κ2) is 5.44. The zero-order valence-electron chi connectivity index (χ0n) is 11.3. The summed E-state index contributed by atoms with van der Waals surface area (Å²) in [6.45, 7) is -2.88. The Balaban J connectivity index is 1.71. The van der Waals surface area contributed by atoms with Gasteiger partial charge in [-0.05, 0) is 42.4 Å². The molecule has 0 amide bonds. The van der Waals surface area contributed by atoms with Gasteiger partial charge in [0.15, 0.2) is 5.78 Å². The number of nitriles is 1. The van der Waals surface area contributed by atoms with Crippen molar-refractivity contribution in [2.45, 2.75) is 31.8 Å². The molecular weight excluding hydrogens is 276 g/mol. The number of rotatable bonds is 5. The molecule has 3 nitrogen and oxygen atoms in total. The van der Waals surface area contributed by atoms with Gasteiger partial charge < -0.3 is 4.74 Å². The number of benzene rings is 1. The first-order valence-electron chi connectivity index (χ1n) is 7.10. The number of fused-ring (bicyclic) bond motifs is 1. The molecule has 0 heterocycles. The van der Waals surface area contributed by atoms with E-state index in [1.165, 1.54) is 30.7 Å². The Morgan fingerprint density at radius 2 is 1.86 bits per heavy atom. The van der Waals surface area contributed by atoms with Crippen molar-refractivity contribution in [1.29, 1.82) is 5.26 Å². The van der Waals surface area contributed by atoms with Gasteiger partial charge in [-0.25, -0.2) is 0 Å². The van der Waals surface area contributed by atoms with Gasteiger partial charge >= 0.3 is 6.61 Å². The molecule has 21 heavy (non-hydrogen) atoms. The number of halogens is 2. The number of alkyl halides is 2. The van der Waals surface area contributed by atoms with E-state index in [2.05, 4.69) is 10.8 Å². The zero-order chi connectivity index (χ0) is 15.0. The third-order valence-electron chi connectivity index (χ3n) is 4.59. The summed E-state index contributed by atoms with van der Waals surface area (Å²) >= 11 is 0. The normalized spacial score (nSPS) is 27.8. The second-order valence-corrected chi connectivity index (χ2v) is 5.70. The summed E-state index contributed by atoms with van der Waals surface area (Å²) in [5, 5.41) is 9.28. The number of nitrogens with zero attached hydrogens (tertiary/aromatic N) is 1. The first-order chi connectivity index (χ1) is 10.1. The van der Waals surface area contributed by atoms with E-state index in [9.17, 15) is 18.8 Å². The van der Waals surface area contributed by atoms with Crippen LogP contribution in [0.4, 0.5) is 8.78 Å². The molecule has 0 N–H and O–H groups in total. The largest absolute Gasteiger partial charge is 0.435 e. The molecule has 1 aromatic rings. The van der Waals surface area contributed by atoms with Gasteiger partial charge in [-0.15, -0.1) is 0 Å². The number of carbonyl (C=O) groups excluding carboxylic acids is 1. The van der Waals surface area contributed by atoms with Crippen LogP contribution in [0.25, 0.3) is 0 Å². The van der Waals surface area contributed by atoms with Crippen LogP contribution in [-0.2, 0) is 4.79 Å². The number of hydrogen-bond acceptors (Lipinski definition) is 3. The van der Waals surface area contributed by atoms with Crippen LogP contribution in [0.3, 0.4) is 0 Å². The zero-order valence-corrected chi connectivity index (χ0v) is 11.3. The Kier molecular flexibility index (Phi) is 3.62. The first-order valence-corrected chi connectivity index (χ1v) is 7.10. The summed E-state index contributed by atoms with van der Waals surface area (Å²) in [6, 6.07) is 7.82. The average molecular weight is 291 g/mol. The van der Waals surface area contributed by atoms with Crippen LogP contribution in [-0.4, -0.2) is 12.4 Å². The summed E-state index contributed by atoms with van der Waals surface area (Å²) in [6.07, 6.45) is 3.34. The highest BCUT2D eigenvalue weighted by molar-refractivity contribution is 5.93. The molecule has 0 aromatic heterocycles. The first kappa shape index (κ1) is 14.0. The molecule has 0 bridgehead atoms. The maximum atomic E-state index is 12.4. The Labute approximate surface area is 121 Å². The Bertz CT molecular complexity index is 569. The smallest absolute Gasteiger partial charge is 0.387 e. The topological polar surface area (TPSA) is 50.1 Å². The summed E-state index contributed by atoms with van der Waals surface area (Å²) in [5.74, 6) is 0.169. The third kappa shape index (κ3) is 2.63. The van der Waals surface area contributed by atoms with Crippen molar-refractivity contribution in [2.24, 2.45) is 17.8 Å². The second-order valence-electron chi connectivity index (χ2n) is 5.70. The Morgan fingerprint density at radius 1 is 1.24 bits per heavy atom. The summed E-state index contributed by atoms with van der Waals surface area (Å²) in [5.41, 5.74) is 0.550. The van der Waals surface area contributed by atoms with Crippen molar-refractivity contribution in [3.8, 4) is 11.8 Å². The lowest BCUT2D eigenvalue weighted by molar-refractivity contribution is -0.121. The number of ether oxygens (including phenoxy) is 1. The molecule has 2 aliphatic rings. The van der Waals surface area contributed by atoms with E-state index in [0.29, 0.717) is 17.4 Å². The molecule has 2 aliphatic carbocycles. The molecule has 3 rings (SSSR count). The molecule has 0 saturated heterocycles. The molecule has 2 fully saturated rings. The number of carbonyl (C=O) groups is 1. The molecule has 1 aromatic carbocycles. The minimum atomic E-state index is -2.88. The molecule has 3 atom stereocenters. The quantitative estimate of drug-likeness (QED) is 0.834. The highest BCUT2D eigenvalue weighted by Crippen LogP contribution is 2.59. The van der Waals surface area contributed by atoms with Crippen molar-refractivity contribution >= 4 is 5.78 Å². The van der Waals surface area contributed by atoms with Crippen molar-refractivity contribution in [2.75, 3.05) is 0 Å². The van der Waals surface area contributed by atoms with Crippen LogP contribution in [0.1, 0.15) is 30.7 Å². The van der Waals surface area contributed by atoms with Gasteiger partial charge in [-0.3, -0.25) is 4.79 Å². The average Bonchev–Trinajstić information content (AvgIpc) is 2.94. The molecule has 2 saturated carbocycles. The fourth-order valence-corrected chi connectivity index (χ4v) is 3.58. The van der Waals surface area contributed by atoms with Crippen molar-refractivity contribution in [3.63, 3.8) is 0 Å². The lowest BCUT2D eigenvalue weighted by atomic mass is 9.91. The predicted molar refractivity (Wildman–Crippen MR) is 70.8 cm³/mol. The van der Waals surface area contributed by atoms with Gasteiger partial charge in [0.25, 0.3) is 0 Å². The molecule has 0 aliphatic heterocycles. The fraction of sp³-hybridized carbons (Fsp3) is 0.500. The van der Waals surface area contributed by atoms with Crippen LogP contribution in [0.15, 0.2) is 24.3 Å². The van der Waals surface area contributed by atoms with E-state index in [4.69, 9.17) is 0 Å². The van der Waals surface area contributed by atoms with Gasteiger partial charge in [0.05, 0.1) is 6.07 Å². The van der Waals surface area contributed by atoms with Crippen molar-refractivity contribution < 1.29 is 18.3 Å². The van der Waals surface area contributed by atoms with E-state index in [-0.39, 0.29) is 17.5 Å². The minimum absolute atomic E-state index is 0.0188. The van der Waals surface area contributed by atoms with Crippen molar-refractivity contribution in [1.82, 2.24) is 0 Å².